The summed E-state index contributed by atoms with van der Waals surface area (Å²) in [4.78, 5) is 18.5. The number of nitrogens with zero attached hydrogens (tertiary/aromatic N) is 2. The maximum Gasteiger partial charge on any atom is 0.255 e. The number of carbonyl (C=O) groups is 1. The molecule has 5 rings (SSSR count). The van der Waals surface area contributed by atoms with Crippen LogP contribution in [0.4, 0.5) is 5.69 Å². The van der Waals surface area contributed by atoms with Crippen LogP contribution in [0.3, 0.4) is 0 Å². The maximum atomic E-state index is 13.2. The second-order valence-electron chi connectivity index (χ2n) is 7.36. The van der Waals surface area contributed by atoms with Crippen molar-refractivity contribution in [3.63, 3.8) is 0 Å². The number of fused-ring (bicyclic) bond motifs is 2. The third-order valence-corrected chi connectivity index (χ3v) is 8.22. The van der Waals surface area contributed by atoms with Gasteiger partial charge in [0.1, 0.15) is 0 Å². The van der Waals surface area contributed by atoms with Crippen LogP contribution in [0, 0.1) is 0 Å². The summed E-state index contributed by atoms with van der Waals surface area (Å²) in [6.07, 6.45) is 2.30. The molecule has 1 aliphatic rings. The molecule has 0 atom stereocenters. The van der Waals surface area contributed by atoms with Crippen LogP contribution in [0.2, 0.25) is 0 Å². The molecule has 31 heavy (non-hydrogen) atoms. The first kappa shape index (κ1) is 19.9. The highest BCUT2D eigenvalue weighted by Crippen LogP contribution is 2.28. The van der Waals surface area contributed by atoms with Crippen molar-refractivity contribution in [2.75, 3.05) is 11.9 Å². The van der Waals surface area contributed by atoms with Crippen molar-refractivity contribution in [1.82, 2.24) is 9.29 Å². The normalized spacial score (nSPS) is 14.3. The molecule has 1 N–H and O–H groups in total. The van der Waals surface area contributed by atoms with Crippen LogP contribution in [0.25, 0.3) is 10.9 Å². The van der Waals surface area contributed by atoms with Crippen LogP contribution in [-0.2, 0) is 23.0 Å². The second-order valence-corrected chi connectivity index (χ2v) is 10.3. The highest BCUT2D eigenvalue weighted by Gasteiger charge is 2.29. The molecular formula is C23H19N3O3S2. The number of hydrogen-bond donors (Lipinski definition) is 1. The molecule has 0 fully saturated rings. The van der Waals surface area contributed by atoms with E-state index in [1.807, 2.05) is 41.8 Å². The monoisotopic (exact) mass is 449 g/mol. The first-order valence-corrected chi connectivity index (χ1v) is 12.1. The lowest BCUT2D eigenvalue weighted by atomic mass is 10.1. The minimum Gasteiger partial charge on any atom is -0.321 e. The van der Waals surface area contributed by atoms with Gasteiger partial charge in [-0.3, -0.25) is 9.78 Å². The molecule has 4 aromatic rings. The number of sulfonamides is 1. The van der Waals surface area contributed by atoms with Gasteiger partial charge in [-0.25, -0.2) is 8.42 Å². The minimum atomic E-state index is -3.69. The molecule has 2 aromatic carbocycles. The van der Waals surface area contributed by atoms with E-state index in [1.54, 1.807) is 29.7 Å². The van der Waals surface area contributed by atoms with E-state index in [9.17, 15) is 13.2 Å². The van der Waals surface area contributed by atoms with Crippen molar-refractivity contribution in [1.29, 1.82) is 0 Å². The van der Waals surface area contributed by atoms with Gasteiger partial charge in [-0.15, -0.1) is 11.3 Å². The lowest BCUT2D eigenvalue weighted by molar-refractivity contribution is 0.102. The van der Waals surface area contributed by atoms with E-state index >= 15 is 0 Å². The Kier molecular flexibility index (Phi) is 5.05. The number of benzene rings is 2. The Balaban J connectivity index is 1.38. The standard InChI is InChI=1S/C23H19N3O3S2/c27-23(25-19-12-16-4-1-2-7-21(16)24-14-19)17-5-3-6-20(13-17)31(28,29)26-10-8-22-18(15-26)9-11-30-22/h1-7,9,11-14H,8,10,15H2,(H,25,27). The summed E-state index contributed by atoms with van der Waals surface area (Å²) in [5, 5.41) is 5.71. The SMILES string of the molecule is O=C(Nc1cnc2ccccc2c1)c1cccc(S(=O)(=O)N2CCc3sccc3C2)c1. The third kappa shape index (κ3) is 3.85. The molecule has 0 saturated carbocycles. The van der Waals surface area contributed by atoms with Crippen LogP contribution < -0.4 is 5.32 Å². The van der Waals surface area contributed by atoms with Gasteiger partial charge in [0.05, 0.1) is 22.3 Å². The quantitative estimate of drug-likeness (QED) is 0.504. The zero-order chi connectivity index (χ0) is 21.4. The zero-order valence-electron chi connectivity index (χ0n) is 16.5. The number of para-hydroxylation sites is 1. The van der Waals surface area contributed by atoms with E-state index in [2.05, 4.69) is 10.3 Å². The smallest absolute Gasteiger partial charge is 0.255 e. The summed E-state index contributed by atoms with van der Waals surface area (Å²) >= 11 is 1.66. The Morgan fingerprint density at radius 1 is 1.06 bits per heavy atom. The van der Waals surface area contributed by atoms with Gasteiger partial charge in [0.15, 0.2) is 0 Å². The summed E-state index contributed by atoms with van der Waals surface area (Å²) in [5.74, 6) is -0.382. The van der Waals surface area contributed by atoms with Crippen LogP contribution in [0.15, 0.2) is 77.1 Å². The number of thiophene rings is 1. The highest BCUT2D eigenvalue weighted by molar-refractivity contribution is 7.89. The van der Waals surface area contributed by atoms with E-state index in [0.717, 1.165) is 16.5 Å². The highest BCUT2D eigenvalue weighted by atomic mass is 32.2. The van der Waals surface area contributed by atoms with Crippen molar-refractivity contribution >= 4 is 43.9 Å². The Morgan fingerprint density at radius 2 is 1.94 bits per heavy atom. The van der Waals surface area contributed by atoms with Crippen molar-refractivity contribution < 1.29 is 13.2 Å². The molecule has 3 heterocycles. The molecule has 0 unspecified atom stereocenters. The van der Waals surface area contributed by atoms with Crippen LogP contribution >= 0.6 is 11.3 Å². The fourth-order valence-electron chi connectivity index (χ4n) is 3.72. The second kappa shape index (κ2) is 7.88. The van der Waals surface area contributed by atoms with Gasteiger partial charge in [-0.05, 0) is 53.8 Å². The Labute approximate surface area is 184 Å². The van der Waals surface area contributed by atoms with Gasteiger partial charge in [0, 0.05) is 28.9 Å². The zero-order valence-corrected chi connectivity index (χ0v) is 18.1. The van der Waals surface area contributed by atoms with Crippen molar-refractivity contribution in [2.45, 2.75) is 17.9 Å². The summed E-state index contributed by atoms with van der Waals surface area (Å²) < 4.78 is 27.9. The maximum absolute atomic E-state index is 13.2. The minimum absolute atomic E-state index is 0.121. The fourth-order valence-corrected chi connectivity index (χ4v) is 6.07. The Bertz CT molecular complexity index is 1400. The summed E-state index contributed by atoms with van der Waals surface area (Å²) in [6, 6.07) is 17.6. The van der Waals surface area contributed by atoms with E-state index < -0.39 is 10.0 Å². The van der Waals surface area contributed by atoms with E-state index in [1.165, 1.54) is 21.3 Å². The molecule has 0 saturated heterocycles. The molecule has 0 bridgehead atoms. The van der Waals surface area contributed by atoms with Crippen molar-refractivity contribution in [3.05, 3.63) is 88.2 Å². The summed E-state index contributed by atoms with van der Waals surface area (Å²) in [6.45, 7) is 0.801. The molecule has 0 radical (unpaired) electrons. The summed E-state index contributed by atoms with van der Waals surface area (Å²) in [7, 11) is -3.69. The number of aromatic nitrogens is 1. The number of pyridine rings is 1. The van der Waals surface area contributed by atoms with Crippen LogP contribution in [0.5, 0.6) is 0 Å². The van der Waals surface area contributed by atoms with Gasteiger partial charge < -0.3 is 5.32 Å². The molecule has 0 spiro atoms. The Hall–Kier alpha value is -3.07. The van der Waals surface area contributed by atoms with Gasteiger partial charge in [0.25, 0.3) is 5.91 Å². The van der Waals surface area contributed by atoms with Crippen molar-refractivity contribution in [2.24, 2.45) is 0 Å². The molecule has 0 aliphatic carbocycles. The molecule has 6 nitrogen and oxygen atoms in total. The number of amides is 1. The average Bonchev–Trinajstić information content (AvgIpc) is 3.27. The number of carbonyl (C=O) groups excluding carboxylic acids is 1. The number of anilines is 1. The molecule has 8 heteroatoms. The first-order chi connectivity index (χ1) is 15.0. The van der Waals surface area contributed by atoms with Gasteiger partial charge >= 0.3 is 0 Å². The molecule has 1 amide bonds. The average molecular weight is 450 g/mol. The van der Waals surface area contributed by atoms with E-state index in [-0.39, 0.29) is 16.4 Å². The number of nitrogens with one attached hydrogen (secondary N) is 1. The molecule has 2 aromatic heterocycles. The third-order valence-electron chi connectivity index (χ3n) is 5.35. The summed E-state index contributed by atoms with van der Waals surface area (Å²) in [5.41, 5.74) is 2.72. The van der Waals surface area contributed by atoms with Gasteiger partial charge in [0.2, 0.25) is 10.0 Å². The van der Waals surface area contributed by atoms with Gasteiger partial charge in [-0.1, -0.05) is 24.3 Å². The van der Waals surface area contributed by atoms with Crippen LogP contribution in [0.1, 0.15) is 20.8 Å². The first-order valence-electron chi connectivity index (χ1n) is 9.82. The Morgan fingerprint density at radius 3 is 2.84 bits per heavy atom. The molecule has 156 valence electrons. The van der Waals surface area contributed by atoms with Crippen LogP contribution in [-0.4, -0.2) is 30.2 Å². The predicted octanol–water partition coefficient (Wildman–Crippen LogP) is 4.30. The largest absolute Gasteiger partial charge is 0.321 e. The lowest BCUT2D eigenvalue weighted by Gasteiger charge is -2.26. The van der Waals surface area contributed by atoms with E-state index in [0.29, 0.717) is 25.2 Å². The van der Waals surface area contributed by atoms with Gasteiger partial charge in [-0.2, -0.15) is 4.31 Å². The molecule has 1 aliphatic heterocycles. The topological polar surface area (TPSA) is 79.4 Å². The number of rotatable bonds is 4. The van der Waals surface area contributed by atoms with Crippen molar-refractivity contribution in [3.8, 4) is 0 Å². The fraction of sp³-hybridized carbons (Fsp3) is 0.130. The lowest BCUT2D eigenvalue weighted by Crippen LogP contribution is -2.35. The van der Waals surface area contributed by atoms with E-state index in [4.69, 9.17) is 0 Å². The predicted molar refractivity (Wildman–Crippen MR) is 122 cm³/mol. The molecular weight excluding hydrogens is 430 g/mol. The number of hydrogen-bond acceptors (Lipinski definition) is 5.